The topological polar surface area (TPSA) is 87.3 Å². The Labute approximate surface area is 156 Å². The summed E-state index contributed by atoms with van der Waals surface area (Å²) in [6, 6.07) is 2.08. The second-order valence-corrected chi connectivity index (χ2v) is 8.57. The lowest BCUT2D eigenvalue weighted by atomic mass is 10.0. The van der Waals surface area contributed by atoms with Gasteiger partial charge >= 0.3 is 6.09 Å². The molecule has 0 saturated carbocycles. The van der Waals surface area contributed by atoms with Gasteiger partial charge in [-0.05, 0) is 51.6 Å². The number of piperidine rings is 1. The third-order valence-electron chi connectivity index (χ3n) is 4.35. The van der Waals surface area contributed by atoms with Crippen LogP contribution < -0.4 is 10.9 Å². The Kier molecular flexibility index (Phi) is 5.62. The van der Waals surface area contributed by atoms with Gasteiger partial charge in [-0.1, -0.05) is 6.42 Å². The van der Waals surface area contributed by atoms with Crippen molar-refractivity contribution in [1.29, 1.82) is 0 Å². The van der Waals surface area contributed by atoms with Gasteiger partial charge < -0.3 is 15.0 Å². The van der Waals surface area contributed by atoms with Gasteiger partial charge in [0.25, 0.3) is 5.56 Å². The first kappa shape index (κ1) is 18.8. The number of carbonyl (C=O) groups excluding carboxylic acids is 1. The molecule has 1 saturated heterocycles. The van der Waals surface area contributed by atoms with Gasteiger partial charge in [-0.15, -0.1) is 11.3 Å². The van der Waals surface area contributed by atoms with Crippen molar-refractivity contribution in [2.75, 3.05) is 13.1 Å². The molecule has 0 aliphatic carbocycles. The summed E-state index contributed by atoms with van der Waals surface area (Å²) in [6.07, 6.45) is 2.84. The van der Waals surface area contributed by atoms with Gasteiger partial charge in [0, 0.05) is 12.6 Å². The number of aromatic nitrogens is 2. The average Bonchev–Trinajstić information content (AvgIpc) is 3.01. The third kappa shape index (κ3) is 4.82. The molecule has 2 N–H and O–H groups in total. The van der Waals surface area contributed by atoms with Gasteiger partial charge in [-0.2, -0.15) is 0 Å². The summed E-state index contributed by atoms with van der Waals surface area (Å²) < 4.78 is 5.97. The molecule has 1 fully saturated rings. The minimum Gasteiger partial charge on any atom is -0.444 e. The second kappa shape index (κ2) is 7.75. The Balaban J connectivity index is 1.64. The van der Waals surface area contributed by atoms with Gasteiger partial charge in [-0.3, -0.25) is 9.69 Å². The molecule has 3 rings (SSSR count). The van der Waals surface area contributed by atoms with Crippen LogP contribution in [0.15, 0.2) is 16.2 Å². The van der Waals surface area contributed by atoms with E-state index in [1.807, 2.05) is 32.2 Å². The lowest BCUT2D eigenvalue weighted by Crippen LogP contribution is -2.47. The molecule has 0 bridgehead atoms. The first-order valence-corrected chi connectivity index (χ1v) is 9.87. The molecule has 1 aliphatic heterocycles. The standard InChI is InChI=1S/C18H26N4O3S/c1-18(2,3)25-17(24)19-10-12-6-4-5-8-22(12)11-14-20-13-7-9-26-15(13)16(23)21-14/h7,9,12H,4-6,8,10-11H2,1-3H3,(H,19,24)(H,20,21,23). The van der Waals surface area contributed by atoms with Crippen molar-refractivity contribution in [2.24, 2.45) is 0 Å². The first-order valence-electron chi connectivity index (χ1n) is 8.99. The summed E-state index contributed by atoms with van der Waals surface area (Å²) in [4.78, 5) is 33.8. The summed E-state index contributed by atoms with van der Waals surface area (Å²) in [7, 11) is 0. The molecule has 8 heteroatoms. The van der Waals surface area contributed by atoms with E-state index in [1.54, 1.807) is 0 Å². The molecular formula is C18H26N4O3S. The first-order chi connectivity index (χ1) is 12.3. The van der Waals surface area contributed by atoms with Crippen LogP contribution >= 0.6 is 11.3 Å². The fraction of sp³-hybridized carbons (Fsp3) is 0.611. The van der Waals surface area contributed by atoms with Crippen LogP contribution in [-0.4, -0.2) is 45.7 Å². The molecule has 2 aromatic rings. The zero-order valence-corrected chi connectivity index (χ0v) is 16.3. The molecule has 26 heavy (non-hydrogen) atoms. The van der Waals surface area contributed by atoms with E-state index in [0.717, 1.165) is 31.3 Å². The fourth-order valence-corrected chi connectivity index (χ4v) is 3.93. The highest BCUT2D eigenvalue weighted by Crippen LogP contribution is 2.20. The maximum atomic E-state index is 12.2. The Hall–Kier alpha value is -1.93. The van der Waals surface area contributed by atoms with Crippen molar-refractivity contribution in [1.82, 2.24) is 20.2 Å². The summed E-state index contributed by atoms with van der Waals surface area (Å²) in [5, 5.41) is 4.75. The van der Waals surface area contributed by atoms with E-state index in [4.69, 9.17) is 4.74 Å². The molecule has 3 heterocycles. The number of aromatic amines is 1. The largest absolute Gasteiger partial charge is 0.444 e. The normalized spacial score (nSPS) is 18.8. The van der Waals surface area contributed by atoms with Gasteiger partial charge in [0.05, 0.1) is 12.1 Å². The number of carbonyl (C=O) groups is 1. The maximum absolute atomic E-state index is 12.2. The van der Waals surface area contributed by atoms with Crippen LogP contribution in [0.1, 0.15) is 45.9 Å². The Morgan fingerprint density at radius 3 is 3.04 bits per heavy atom. The van der Waals surface area contributed by atoms with Crippen LogP contribution in [0.5, 0.6) is 0 Å². The average molecular weight is 378 g/mol. The number of amides is 1. The molecule has 1 unspecified atom stereocenters. The number of thiophene rings is 1. The van der Waals surface area contributed by atoms with E-state index in [0.29, 0.717) is 23.6 Å². The minimum atomic E-state index is -0.504. The summed E-state index contributed by atoms with van der Waals surface area (Å²) in [5.41, 5.74) is 0.157. The van der Waals surface area contributed by atoms with E-state index < -0.39 is 11.7 Å². The monoisotopic (exact) mass is 378 g/mol. The molecular weight excluding hydrogens is 352 g/mol. The van der Waals surface area contributed by atoms with E-state index in [9.17, 15) is 9.59 Å². The molecule has 1 aliphatic rings. The smallest absolute Gasteiger partial charge is 0.407 e. The van der Waals surface area contributed by atoms with Crippen molar-refractivity contribution < 1.29 is 9.53 Å². The second-order valence-electron chi connectivity index (χ2n) is 7.65. The van der Waals surface area contributed by atoms with Crippen LogP contribution in [0, 0.1) is 0 Å². The fourth-order valence-electron chi connectivity index (χ4n) is 3.20. The molecule has 0 aromatic carbocycles. The Morgan fingerprint density at radius 2 is 2.27 bits per heavy atom. The third-order valence-corrected chi connectivity index (χ3v) is 5.25. The number of alkyl carbamates (subject to hydrolysis) is 1. The van der Waals surface area contributed by atoms with Crippen molar-refractivity contribution in [3.63, 3.8) is 0 Å². The quantitative estimate of drug-likeness (QED) is 0.854. The van der Waals surface area contributed by atoms with Crippen molar-refractivity contribution in [2.45, 2.75) is 58.2 Å². The Morgan fingerprint density at radius 1 is 1.46 bits per heavy atom. The van der Waals surface area contributed by atoms with E-state index in [1.165, 1.54) is 11.3 Å². The highest BCUT2D eigenvalue weighted by Gasteiger charge is 2.25. The number of fused-ring (bicyclic) bond motifs is 1. The predicted molar refractivity (Wildman–Crippen MR) is 103 cm³/mol. The highest BCUT2D eigenvalue weighted by atomic mass is 32.1. The molecule has 1 atom stereocenters. The summed E-state index contributed by atoms with van der Waals surface area (Å²) in [5.74, 6) is 0.671. The predicted octanol–water partition coefficient (Wildman–Crippen LogP) is 2.86. The summed E-state index contributed by atoms with van der Waals surface area (Å²) >= 11 is 1.40. The molecule has 7 nitrogen and oxygen atoms in total. The number of H-pyrrole nitrogens is 1. The number of ether oxygens (including phenoxy) is 1. The van der Waals surface area contributed by atoms with Crippen molar-refractivity contribution in [3.8, 4) is 0 Å². The molecule has 2 aromatic heterocycles. The van der Waals surface area contributed by atoms with Crippen molar-refractivity contribution >= 4 is 27.6 Å². The molecule has 142 valence electrons. The van der Waals surface area contributed by atoms with Gasteiger partial charge in [0.15, 0.2) is 0 Å². The van der Waals surface area contributed by atoms with Gasteiger partial charge in [-0.25, -0.2) is 9.78 Å². The molecule has 0 spiro atoms. The van der Waals surface area contributed by atoms with Gasteiger partial charge in [0.2, 0.25) is 0 Å². The van der Waals surface area contributed by atoms with Crippen molar-refractivity contribution in [3.05, 3.63) is 27.6 Å². The number of likely N-dealkylation sites (tertiary alicyclic amines) is 1. The van der Waals surface area contributed by atoms with E-state index in [2.05, 4.69) is 20.2 Å². The SMILES string of the molecule is CC(C)(C)OC(=O)NCC1CCCCN1Cc1nc2ccsc2c(=O)[nH]1. The number of rotatable bonds is 4. The number of nitrogens with zero attached hydrogens (tertiary/aromatic N) is 2. The number of nitrogens with one attached hydrogen (secondary N) is 2. The van der Waals surface area contributed by atoms with Crippen LogP contribution in [0.3, 0.4) is 0 Å². The lowest BCUT2D eigenvalue weighted by Gasteiger charge is -2.35. The van der Waals surface area contributed by atoms with Gasteiger partial charge in [0.1, 0.15) is 16.1 Å². The molecule has 1 amide bonds. The van der Waals surface area contributed by atoms with Crippen LogP contribution in [0.25, 0.3) is 10.2 Å². The minimum absolute atomic E-state index is 0.0829. The zero-order valence-electron chi connectivity index (χ0n) is 15.5. The molecule has 0 radical (unpaired) electrons. The summed E-state index contributed by atoms with van der Waals surface area (Å²) in [6.45, 7) is 7.57. The van der Waals surface area contributed by atoms with E-state index in [-0.39, 0.29) is 11.6 Å². The van der Waals surface area contributed by atoms with Crippen LogP contribution in [0.4, 0.5) is 4.79 Å². The van der Waals surface area contributed by atoms with Crippen LogP contribution in [-0.2, 0) is 11.3 Å². The van der Waals surface area contributed by atoms with E-state index >= 15 is 0 Å². The lowest BCUT2D eigenvalue weighted by molar-refractivity contribution is 0.0491. The highest BCUT2D eigenvalue weighted by molar-refractivity contribution is 7.17. The maximum Gasteiger partial charge on any atom is 0.407 e. The zero-order chi connectivity index (χ0) is 18.7. The van der Waals surface area contributed by atoms with Crippen LogP contribution in [0.2, 0.25) is 0 Å². The number of hydrogen-bond acceptors (Lipinski definition) is 6. The number of hydrogen-bond donors (Lipinski definition) is 2. The Bertz CT molecular complexity index is 824.